The topological polar surface area (TPSA) is 77.2 Å². The van der Waals surface area contributed by atoms with Crippen LogP contribution in [0.1, 0.15) is 12.5 Å². The van der Waals surface area contributed by atoms with Gasteiger partial charge >= 0.3 is 0 Å². The monoisotopic (exact) mass is 346 g/mol. The Morgan fingerprint density at radius 3 is 2.73 bits per heavy atom. The van der Waals surface area contributed by atoms with Crippen LogP contribution in [0, 0.1) is 0 Å². The third kappa shape index (κ3) is 2.95. The number of aryl methyl sites for hydroxylation is 1. The highest BCUT2D eigenvalue weighted by Gasteiger charge is 2.11. The van der Waals surface area contributed by atoms with Gasteiger partial charge in [0.25, 0.3) is 5.95 Å². The van der Waals surface area contributed by atoms with Crippen LogP contribution >= 0.6 is 0 Å². The fourth-order valence-electron chi connectivity index (χ4n) is 2.84. The lowest BCUT2D eigenvalue weighted by Gasteiger charge is -2.02. The van der Waals surface area contributed by atoms with Crippen LogP contribution in [0.3, 0.4) is 0 Å². The second-order valence-electron chi connectivity index (χ2n) is 5.76. The van der Waals surface area contributed by atoms with Gasteiger partial charge in [-0.15, -0.1) is 10.2 Å². The van der Waals surface area contributed by atoms with Crippen LogP contribution in [0.2, 0.25) is 0 Å². The van der Waals surface area contributed by atoms with Crippen LogP contribution in [0.4, 0.5) is 5.95 Å². The zero-order valence-corrected chi connectivity index (χ0v) is 14.5. The Kier molecular flexibility index (Phi) is 4.18. The molecule has 0 bridgehead atoms. The van der Waals surface area contributed by atoms with Crippen LogP contribution in [-0.2, 0) is 7.05 Å². The average Bonchev–Trinajstić information content (AvgIpc) is 2.96. The van der Waals surface area contributed by atoms with E-state index in [1.807, 2.05) is 67.1 Å². The molecular formula is C19H18N6O. The maximum Gasteiger partial charge on any atom is 0.265 e. The third-order valence-electron chi connectivity index (χ3n) is 4.08. The van der Waals surface area contributed by atoms with E-state index in [9.17, 15) is 0 Å². The van der Waals surface area contributed by atoms with E-state index in [2.05, 4.69) is 25.7 Å². The summed E-state index contributed by atoms with van der Waals surface area (Å²) in [6.07, 6.45) is 1.70. The normalized spacial score (nSPS) is 11.5. The smallest absolute Gasteiger partial charge is 0.265 e. The van der Waals surface area contributed by atoms with E-state index in [-0.39, 0.29) is 0 Å². The average molecular weight is 346 g/mol. The van der Waals surface area contributed by atoms with E-state index in [0.29, 0.717) is 12.6 Å². The van der Waals surface area contributed by atoms with Gasteiger partial charge in [0.15, 0.2) is 5.65 Å². The lowest BCUT2D eigenvalue weighted by Crippen LogP contribution is -2.00. The highest BCUT2D eigenvalue weighted by molar-refractivity contribution is 6.04. The zero-order chi connectivity index (χ0) is 17.9. The van der Waals surface area contributed by atoms with Crippen molar-refractivity contribution < 1.29 is 4.74 Å². The van der Waals surface area contributed by atoms with Gasteiger partial charge in [-0.3, -0.25) is 0 Å². The van der Waals surface area contributed by atoms with Gasteiger partial charge in [-0.25, -0.2) is 5.43 Å². The van der Waals surface area contributed by atoms with E-state index in [0.717, 1.165) is 33.4 Å². The Bertz CT molecular complexity index is 1080. The molecule has 0 unspecified atom stereocenters. The van der Waals surface area contributed by atoms with Crippen LogP contribution in [-0.4, -0.2) is 32.6 Å². The van der Waals surface area contributed by atoms with Crippen LogP contribution < -0.4 is 10.2 Å². The van der Waals surface area contributed by atoms with Crippen molar-refractivity contribution in [3.8, 4) is 5.75 Å². The molecule has 130 valence electrons. The molecule has 0 amide bonds. The molecule has 2 aromatic heterocycles. The molecule has 7 heteroatoms. The Hall–Kier alpha value is -3.48. The summed E-state index contributed by atoms with van der Waals surface area (Å²) in [6, 6.07) is 15.7. The highest BCUT2D eigenvalue weighted by atomic mass is 16.5. The molecule has 4 aromatic rings. The summed E-state index contributed by atoms with van der Waals surface area (Å²) < 4.78 is 7.42. The molecule has 0 aliphatic heterocycles. The van der Waals surface area contributed by atoms with E-state index >= 15 is 0 Å². The molecule has 0 spiro atoms. The number of ether oxygens (including phenoxy) is 1. The molecular weight excluding hydrogens is 328 g/mol. The second kappa shape index (κ2) is 6.79. The maximum absolute atomic E-state index is 5.42. The quantitative estimate of drug-likeness (QED) is 0.443. The summed E-state index contributed by atoms with van der Waals surface area (Å²) in [4.78, 5) is 4.53. The third-order valence-corrected chi connectivity index (χ3v) is 4.08. The van der Waals surface area contributed by atoms with Crippen molar-refractivity contribution in [3.05, 3.63) is 54.1 Å². The van der Waals surface area contributed by atoms with Gasteiger partial charge in [0.1, 0.15) is 11.3 Å². The summed E-state index contributed by atoms with van der Waals surface area (Å²) in [5.74, 6) is 1.19. The zero-order valence-electron chi connectivity index (χ0n) is 14.5. The molecule has 0 aliphatic carbocycles. The van der Waals surface area contributed by atoms with E-state index in [4.69, 9.17) is 4.74 Å². The van der Waals surface area contributed by atoms with Crippen molar-refractivity contribution in [2.75, 3.05) is 12.0 Å². The van der Waals surface area contributed by atoms with Crippen molar-refractivity contribution in [2.24, 2.45) is 12.1 Å². The molecule has 0 aliphatic rings. The minimum absolute atomic E-state index is 0.352. The molecule has 1 N–H and O–H groups in total. The summed E-state index contributed by atoms with van der Waals surface area (Å²) in [7, 11) is 1.96. The Morgan fingerprint density at radius 1 is 1.12 bits per heavy atom. The fourth-order valence-corrected chi connectivity index (χ4v) is 2.84. The number of aromatic nitrogens is 4. The Labute approximate surface area is 150 Å². The molecule has 26 heavy (non-hydrogen) atoms. The minimum Gasteiger partial charge on any atom is -0.494 e. The van der Waals surface area contributed by atoms with Crippen molar-refractivity contribution in [1.29, 1.82) is 0 Å². The molecule has 0 atom stereocenters. The largest absolute Gasteiger partial charge is 0.494 e. The number of fused-ring (bicyclic) bond motifs is 3. The van der Waals surface area contributed by atoms with Crippen LogP contribution in [0.5, 0.6) is 5.75 Å². The molecule has 0 saturated carbocycles. The first-order chi connectivity index (χ1) is 12.8. The summed E-state index contributed by atoms with van der Waals surface area (Å²) in [5, 5.41) is 13.6. The van der Waals surface area contributed by atoms with E-state index in [1.54, 1.807) is 6.21 Å². The molecule has 2 aromatic carbocycles. The number of para-hydroxylation sites is 1. The molecule has 0 radical (unpaired) electrons. The Balaban J connectivity index is 1.55. The van der Waals surface area contributed by atoms with Crippen molar-refractivity contribution >= 4 is 34.2 Å². The number of anilines is 1. The number of hydrogen-bond acceptors (Lipinski definition) is 6. The second-order valence-corrected chi connectivity index (χ2v) is 5.76. The highest BCUT2D eigenvalue weighted by Crippen LogP contribution is 2.24. The van der Waals surface area contributed by atoms with E-state index in [1.165, 1.54) is 0 Å². The Morgan fingerprint density at radius 2 is 1.92 bits per heavy atom. The first-order valence-electron chi connectivity index (χ1n) is 8.36. The van der Waals surface area contributed by atoms with Gasteiger partial charge in [-0.2, -0.15) is 10.1 Å². The first kappa shape index (κ1) is 16.0. The number of hydrogen-bond donors (Lipinski definition) is 1. The lowest BCUT2D eigenvalue weighted by molar-refractivity contribution is 0.340. The van der Waals surface area contributed by atoms with Crippen LogP contribution in [0.15, 0.2) is 53.6 Å². The number of rotatable bonds is 5. The maximum atomic E-state index is 5.42. The van der Waals surface area contributed by atoms with Crippen molar-refractivity contribution in [3.63, 3.8) is 0 Å². The number of benzene rings is 2. The van der Waals surface area contributed by atoms with Gasteiger partial charge < -0.3 is 9.30 Å². The van der Waals surface area contributed by atoms with E-state index < -0.39 is 0 Å². The molecule has 7 nitrogen and oxygen atoms in total. The van der Waals surface area contributed by atoms with Gasteiger partial charge in [0.05, 0.1) is 18.3 Å². The van der Waals surface area contributed by atoms with Gasteiger partial charge in [-0.1, -0.05) is 18.2 Å². The molecule has 0 saturated heterocycles. The van der Waals surface area contributed by atoms with Crippen molar-refractivity contribution in [2.45, 2.75) is 6.92 Å². The lowest BCUT2D eigenvalue weighted by atomic mass is 10.2. The molecule has 0 fully saturated rings. The number of hydrazone groups is 1. The molecule has 4 rings (SSSR count). The summed E-state index contributed by atoms with van der Waals surface area (Å²) >= 11 is 0. The first-order valence-corrected chi connectivity index (χ1v) is 8.36. The fraction of sp³-hybridized carbons (Fsp3) is 0.158. The number of nitrogens with one attached hydrogen (secondary N) is 1. The standard InChI is InChI=1S/C19H18N6O/c1-3-26-14-10-8-13(9-11-14)12-20-23-19-21-18-17(22-24-19)15-6-4-5-7-16(15)25(18)2/h4-12H,3H2,1-2H3,(H,21,23,24)/b20-12+. The minimum atomic E-state index is 0.352. The SMILES string of the molecule is CCOc1ccc(/C=N/Nc2nnc3c4ccccc4n(C)c3n2)cc1. The van der Waals surface area contributed by atoms with Crippen LogP contribution in [0.25, 0.3) is 22.1 Å². The summed E-state index contributed by atoms with van der Waals surface area (Å²) in [5.41, 5.74) is 6.40. The predicted molar refractivity (Wildman–Crippen MR) is 103 cm³/mol. The van der Waals surface area contributed by atoms with Crippen molar-refractivity contribution in [1.82, 2.24) is 19.7 Å². The summed E-state index contributed by atoms with van der Waals surface area (Å²) in [6.45, 7) is 2.61. The molecule has 2 heterocycles. The van der Waals surface area contributed by atoms with Gasteiger partial charge in [0.2, 0.25) is 0 Å². The number of nitrogens with zero attached hydrogens (tertiary/aromatic N) is 5. The van der Waals surface area contributed by atoms with Gasteiger partial charge in [0, 0.05) is 12.4 Å². The van der Waals surface area contributed by atoms with Gasteiger partial charge in [-0.05, 0) is 42.8 Å². The predicted octanol–water partition coefficient (Wildman–Crippen LogP) is 3.36.